The van der Waals surface area contributed by atoms with Crippen molar-refractivity contribution in [3.05, 3.63) is 72.2 Å². The van der Waals surface area contributed by atoms with E-state index in [4.69, 9.17) is 4.42 Å². The fraction of sp³-hybridized carbons (Fsp3) is 0.118. The molecule has 2 aromatic carbocycles. The molecule has 0 saturated carbocycles. The van der Waals surface area contributed by atoms with Gasteiger partial charge in [-0.1, -0.05) is 42.5 Å². The summed E-state index contributed by atoms with van der Waals surface area (Å²) in [6, 6.07) is 17.8. The summed E-state index contributed by atoms with van der Waals surface area (Å²) in [7, 11) is 0. The first-order valence-corrected chi connectivity index (χ1v) is 6.58. The number of rotatable bonds is 4. The molecule has 3 heteroatoms. The molecule has 1 amide bonds. The lowest BCUT2D eigenvalue weighted by atomic mass is 10.0. The van der Waals surface area contributed by atoms with Crippen molar-refractivity contribution in [3.63, 3.8) is 0 Å². The SMILES string of the molecule is O=C(Cc1cccc2ccccc12)NCc1ccco1. The minimum absolute atomic E-state index is 0.00208. The van der Waals surface area contributed by atoms with E-state index in [-0.39, 0.29) is 5.91 Å². The van der Waals surface area contributed by atoms with Crippen LogP contribution in [0, 0.1) is 0 Å². The molecule has 3 rings (SSSR count). The summed E-state index contributed by atoms with van der Waals surface area (Å²) in [4.78, 5) is 12.0. The molecule has 20 heavy (non-hydrogen) atoms. The standard InChI is InChI=1S/C17H15NO2/c19-17(18-12-15-8-4-10-20-15)11-14-7-3-6-13-5-1-2-9-16(13)14/h1-10H,11-12H2,(H,18,19). The summed E-state index contributed by atoms with van der Waals surface area (Å²) in [6.45, 7) is 0.427. The second-order valence-electron chi connectivity index (χ2n) is 4.67. The zero-order valence-electron chi connectivity index (χ0n) is 11.0. The largest absolute Gasteiger partial charge is 0.467 e. The smallest absolute Gasteiger partial charge is 0.224 e. The van der Waals surface area contributed by atoms with Crippen LogP contribution in [0.5, 0.6) is 0 Å². The topological polar surface area (TPSA) is 42.2 Å². The zero-order chi connectivity index (χ0) is 13.8. The van der Waals surface area contributed by atoms with E-state index in [0.717, 1.165) is 22.1 Å². The van der Waals surface area contributed by atoms with Crippen molar-refractivity contribution < 1.29 is 9.21 Å². The third kappa shape index (κ3) is 2.72. The van der Waals surface area contributed by atoms with E-state index in [9.17, 15) is 4.79 Å². The number of fused-ring (bicyclic) bond motifs is 1. The average Bonchev–Trinajstić information content (AvgIpc) is 2.99. The van der Waals surface area contributed by atoms with Gasteiger partial charge in [-0.15, -0.1) is 0 Å². The first-order chi connectivity index (χ1) is 9.83. The number of amides is 1. The van der Waals surface area contributed by atoms with Gasteiger partial charge in [-0.25, -0.2) is 0 Å². The summed E-state index contributed by atoms with van der Waals surface area (Å²) in [5.74, 6) is 0.758. The third-order valence-electron chi connectivity index (χ3n) is 3.27. The summed E-state index contributed by atoms with van der Waals surface area (Å²) in [5, 5.41) is 5.15. The summed E-state index contributed by atoms with van der Waals surface area (Å²) >= 11 is 0. The van der Waals surface area contributed by atoms with Crippen molar-refractivity contribution >= 4 is 16.7 Å². The number of furan rings is 1. The Morgan fingerprint density at radius 2 is 1.85 bits per heavy atom. The molecule has 0 bridgehead atoms. The summed E-state index contributed by atoms with van der Waals surface area (Å²) in [5.41, 5.74) is 1.04. The van der Waals surface area contributed by atoms with Crippen LogP contribution in [0.15, 0.2) is 65.3 Å². The second kappa shape index (κ2) is 5.61. The van der Waals surface area contributed by atoms with Crippen molar-refractivity contribution in [1.82, 2.24) is 5.32 Å². The number of benzene rings is 2. The lowest BCUT2D eigenvalue weighted by Crippen LogP contribution is -2.24. The Morgan fingerprint density at radius 1 is 1.00 bits per heavy atom. The van der Waals surface area contributed by atoms with Gasteiger partial charge in [0.05, 0.1) is 19.2 Å². The van der Waals surface area contributed by atoms with Gasteiger partial charge in [-0.2, -0.15) is 0 Å². The first-order valence-electron chi connectivity index (χ1n) is 6.58. The van der Waals surface area contributed by atoms with Gasteiger partial charge in [0.2, 0.25) is 5.91 Å². The maximum atomic E-state index is 12.0. The molecule has 0 aliphatic heterocycles. The Balaban J connectivity index is 1.71. The normalized spacial score (nSPS) is 10.6. The van der Waals surface area contributed by atoms with E-state index in [2.05, 4.69) is 17.4 Å². The molecule has 0 fully saturated rings. The Morgan fingerprint density at radius 3 is 2.70 bits per heavy atom. The number of nitrogens with one attached hydrogen (secondary N) is 1. The van der Waals surface area contributed by atoms with Crippen LogP contribution in [-0.4, -0.2) is 5.91 Å². The maximum absolute atomic E-state index is 12.0. The fourth-order valence-corrected chi connectivity index (χ4v) is 2.28. The van der Waals surface area contributed by atoms with Crippen LogP contribution in [0.25, 0.3) is 10.8 Å². The molecule has 0 atom stereocenters. The van der Waals surface area contributed by atoms with E-state index in [0.29, 0.717) is 13.0 Å². The van der Waals surface area contributed by atoms with Gasteiger partial charge < -0.3 is 9.73 Å². The molecular weight excluding hydrogens is 250 g/mol. The number of hydrogen-bond acceptors (Lipinski definition) is 2. The average molecular weight is 265 g/mol. The van der Waals surface area contributed by atoms with Crippen LogP contribution < -0.4 is 5.32 Å². The van der Waals surface area contributed by atoms with Gasteiger partial charge in [-0.3, -0.25) is 4.79 Å². The Labute approximate surface area is 117 Å². The Kier molecular flexibility index (Phi) is 3.50. The molecule has 0 aliphatic rings. The van der Waals surface area contributed by atoms with Crippen molar-refractivity contribution in [3.8, 4) is 0 Å². The van der Waals surface area contributed by atoms with Crippen LogP contribution in [0.4, 0.5) is 0 Å². The Hall–Kier alpha value is -2.55. The van der Waals surface area contributed by atoms with E-state index in [1.807, 2.05) is 42.5 Å². The van der Waals surface area contributed by atoms with Crippen LogP contribution >= 0.6 is 0 Å². The summed E-state index contributed by atoms with van der Waals surface area (Å²) in [6.07, 6.45) is 1.98. The molecule has 3 nitrogen and oxygen atoms in total. The number of carbonyl (C=O) groups is 1. The highest BCUT2D eigenvalue weighted by atomic mass is 16.3. The first kappa shape index (κ1) is 12.5. The predicted octanol–water partition coefficient (Wildman–Crippen LogP) is 3.29. The number of carbonyl (C=O) groups excluding carboxylic acids is 1. The van der Waals surface area contributed by atoms with Gasteiger partial charge in [0, 0.05) is 0 Å². The van der Waals surface area contributed by atoms with Gasteiger partial charge >= 0.3 is 0 Å². The molecule has 0 saturated heterocycles. The van der Waals surface area contributed by atoms with Gasteiger partial charge in [0.15, 0.2) is 0 Å². The second-order valence-corrected chi connectivity index (χ2v) is 4.67. The molecule has 100 valence electrons. The van der Waals surface area contributed by atoms with Crippen LogP contribution in [0.3, 0.4) is 0 Å². The highest BCUT2D eigenvalue weighted by molar-refractivity contribution is 5.90. The molecule has 0 radical (unpaired) electrons. The third-order valence-corrected chi connectivity index (χ3v) is 3.27. The van der Waals surface area contributed by atoms with E-state index < -0.39 is 0 Å². The molecule has 1 heterocycles. The fourth-order valence-electron chi connectivity index (χ4n) is 2.28. The summed E-state index contributed by atoms with van der Waals surface area (Å²) < 4.78 is 5.19. The van der Waals surface area contributed by atoms with Gasteiger partial charge in [0.25, 0.3) is 0 Å². The van der Waals surface area contributed by atoms with Crippen molar-refractivity contribution in [2.75, 3.05) is 0 Å². The molecule has 1 N–H and O–H groups in total. The predicted molar refractivity (Wildman–Crippen MR) is 78.2 cm³/mol. The van der Waals surface area contributed by atoms with Crippen LogP contribution in [0.1, 0.15) is 11.3 Å². The van der Waals surface area contributed by atoms with Gasteiger partial charge in [0.1, 0.15) is 5.76 Å². The minimum Gasteiger partial charge on any atom is -0.467 e. The molecular formula is C17H15NO2. The highest BCUT2D eigenvalue weighted by Crippen LogP contribution is 2.18. The number of hydrogen-bond donors (Lipinski definition) is 1. The zero-order valence-corrected chi connectivity index (χ0v) is 11.0. The maximum Gasteiger partial charge on any atom is 0.224 e. The van der Waals surface area contributed by atoms with Crippen molar-refractivity contribution in [2.24, 2.45) is 0 Å². The quantitative estimate of drug-likeness (QED) is 0.786. The molecule has 0 spiro atoms. The van der Waals surface area contributed by atoms with Gasteiger partial charge in [-0.05, 0) is 28.5 Å². The van der Waals surface area contributed by atoms with Crippen LogP contribution in [0.2, 0.25) is 0 Å². The van der Waals surface area contributed by atoms with Crippen molar-refractivity contribution in [2.45, 2.75) is 13.0 Å². The molecule has 3 aromatic rings. The molecule has 0 aliphatic carbocycles. The lowest BCUT2D eigenvalue weighted by Gasteiger charge is -2.07. The molecule has 1 aromatic heterocycles. The lowest BCUT2D eigenvalue weighted by molar-refractivity contribution is -0.120. The minimum atomic E-state index is -0.00208. The van der Waals surface area contributed by atoms with Crippen LogP contribution in [-0.2, 0) is 17.8 Å². The highest BCUT2D eigenvalue weighted by Gasteiger charge is 2.07. The monoisotopic (exact) mass is 265 g/mol. The molecule has 0 unspecified atom stereocenters. The van der Waals surface area contributed by atoms with E-state index >= 15 is 0 Å². The van der Waals surface area contributed by atoms with E-state index in [1.54, 1.807) is 6.26 Å². The Bertz CT molecular complexity index is 711. The van der Waals surface area contributed by atoms with E-state index in [1.165, 1.54) is 0 Å². The van der Waals surface area contributed by atoms with Crippen molar-refractivity contribution in [1.29, 1.82) is 0 Å².